The van der Waals surface area contributed by atoms with Crippen molar-refractivity contribution in [2.75, 3.05) is 19.7 Å². The van der Waals surface area contributed by atoms with Crippen molar-refractivity contribution in [3.8, 4) is 5.75 Å². The van der Waals surface area contributed by atoms with Crippen LogP contribution in [0.5, 0.6) is 5.75 Å². The second-order valence-corrected chi connectivity index (χ2v) is 5.58. The van der Waals surface area contributed by atoms with Crippen LogP contribution in [0.2, 0.25) is 0 Å². The van der Waals surface area contributed by atoms with Crippen LogP contribution < -0.4 is 10.1 Å². The number of piperidine rings is 1. The molecule has 1 aromatic carbocycles. The second kappa shape index (κ2) is 6.79. The molecule has 1 atom stereocenters. The molecule has 1 aliphatic heterocycles. The molecular formula is C16H25NO. The first-order chi connectivity index (χ1) is 8.75. The molecule has 1 aliphatic rings. The molecule has 0 saturated carbocycles. The third kappa shape index (κ3) is 4.02. The summed E-state index contributed by atoms with van der Waals surface area (Å²) in [4.78, 5) is 0. The molecule has 100 valence electrons. The Hall–Kier alpha value is -1.02. The smallest absolute Gasteiger partial charge is 0.119 e. The van der Waals surface area contributed by atoms with E-state index in [2.05, 4.69) is 43.4 Å². The van der Waals surface area contributed by atoms with Gasteiger partial charge in [0, 0.05) is 0 Å². The normalized spacial score (nSPS) is 20.1. The minimum atomic E-state index is 0.566. The highest BCUT2D eigenvalue weighted by Crippen LogP contribution is 2.21. The second-order valence-electron chi connectivity index (χ2n) is 5.58. The predicted molar refractivity (Wildman–Crippen MR) is 76.2 cm³/mol. The molecule has 1 fully saturated rings. The maximum absolute atomic E-state index is 5.87. The van der Waals surface area contributed by atoms with E-state index >= 15 is 0 Å². The molecule has 2 heteroatoms. The van der Waals surface area contributed by atoms with Gasteiger partial charge in [-0.1, -0.05) is 26.0 Å². The molecule has 0 spiro atoms. The van der Waals surface area contributed by atoms with Crippen LogP contribution in [0, 0.1) is 5.92 Å². The SMILES string of the molecule is CC(C)c1cccc(OCCC2CCCNC2)c1. The lowest BCUT2D eigenvalue weighted by molar-refractivity contribution is 0.254. The summed E-state index contributed by atoms with van der Waals surface area (Å²) in [5.74, 6) is 2.38. The Morgan fingerprint density at radius 2 is 2.28 bits per heavy atom. The van der Waals surface area contributed by atoms with Gasteiger partial charge in [0.2, 0.25) is 0 Å². The monoisotopic (exact) mass is 247 g/mol. The Kier molecular flexibility index (Phi) is 5.06. The Bertz CT molecular complexity index is 356. The minimum Gasteiger partial charge on any atom is -0.494 e. The van der Waals surface area contributed by atoms with Crippen molar-refractivity contribution in [2.24, 2.45) is 5.92 Å². The average molecular weight is 247 g/mol. The minimum absolute atomic E-state index is 0.566. The molecule has 2 rings (SSSR count). The van der Waals surface area contributed by atoms with E-state index in [9.17, 15) is 0 Å². The lowest BCUT2D eigenvalue weighted by Gasteiger charge is -2.22. The summed E-state index contributed by atoms with van der Waals surface area (Å²) in [5, 5.41) is 3.45. The van der Waals surface area contributed by atoms with Crippen LogP contribution in [0.3, 0.4) is 0 Å². The standard InChI is InChI=1S/C16H25NO/c1-13(2)15-6-3-7-16(11-15)18-10-8-14-5-4-9-17-12-14/h3,6-7,11,13-14,17H,4-5,8-10,12H2,1-2H3. The molecule has 1 unspecified atom stereocenters. The molecule has 2 nitrogen and oxygen atoms in total. The number of nitrogens with one attached hydrogen (secondary N) is 1. The Balaban J connectivity index is 1.77. The summed E-state index contributed by atoms with van der Waals surface area (Å²) in [6.07, 6.45) is 3.83. The first kappa shape index (κ1) is 13.4. The fourth-order valence-electron chi connectivity index (χ4n) is 2.48. The average Bonchev–Trinajstić information content (AvgIpc) is 2.40. The van der Waals surface area contributed by atoms with Crippen molar-refractivity contribution < 1.29 is 4.74 Å². The number of ether oxygens (including phenoxy) is 1. The lowest BCUT2D eigenvalue weighted by atomic mass is 9.97. The van der Waals surface area contributed by atoms with Gasteiger partial charge in [0.25, 0.3) is 0 Å². The zero-order chi connectivity index (χ0) is 12.8. The van der Waals surface area contributed by atoms with Crippen LogP contribution in [0.1, 0.15) is 44.6 Å². The highest BCUT2D eigenvalue weighted by atomic mass is 16.5. The van der Waals surface area contributed by atoms with Gasteiger partial charge in [0.05, 0.1) is 6.61 Å². The van der Waals surface area contributed by atoms with Crippen LogP contribution in [0.4, 0.5) is 0 Å². The van der Waals surface area contributed by atoms with Crippen molar-refractivity contribution >= 4 is 0 Å². The van der Waals surface area contributed by atoms with Crippen LogP contribution in [0.15, 0.2) is 24.3 Å². The number of hydrogen-bond acceptors (Lipinski definition) is 2. The molecule has 0 aliphatic carbocycles. The molecule has 18 heavy (non-hydrogen) atoms. The van der Waals surface area contributed by atoms with Crippen LogP contribution >= 0.6 is 0 Å². The van der Waals surface area contributed by atoms with Crippen LogP contribution in [-0.2, 0) is 0 Å². The summed E-state index contributed by atoms with van der Waals surface area (Å²) in [5.41, 5.74) is 1.35. The van der Waals surface area contributed by atoms with Crippen molar-refractivity contribution in [2.45, 2.75) is 39.0 Å². The van der Waals surface area contributed by atoms with E-state index < -0.39 is 0 Å². The molecule has 1 aromatic rings. The van der Waals surface area contributed by atoms with Gasteiger partial charge in [-0.15, -0.1) is 0 Å². The number of rotatable bonds is 5. The van der Waals surface area contributed by atoms with Gasteiger partial charge in [0.1, 0.15) is 5.75 Å². The van der Waals surface area contributed by atoms with Gasteiger partial charge in [0.15, 0.2) is 0 Å². The third-order valence-electron chi connectivity index (χ3n) is 3.72. The maximum Gasteiger partial charge on any atom is 0.119 e. The highest BCUT2D eigenvalue weighted by Gasteiger charge is 2.12. The quantitative estimate of drug-likeness (QED) is 0.858. The Morgan fingerprint density at radius 1 is 1.39 bits per heavy atom. The molecular weight excluding hydrogens is 222 g/mol. The van der Waals surface area contributed by atoms with E-state index in [4.69, 9.17) is 4.74 Å². The Morgan fingerprint density at radius 3 is 3.00 bits per heavy atom. The Labute approximate surface area is 111 Å². The van der Waals surface area contributed by atoms with Crippen molar-refractivity contribution in [1.82, 2.24) is 5.32 Å². The third-order valence-corrected chi connectivity index (χ3v) is 3.72. The first-order valence-corrected chi connectivity index (χ1v) is 7.19. The zero-order valence-corrected chi connectivity index (χ0v) is 11.6. The van der Waals surface area contributed by atoms with Crippen LogP contribution in [-0.4, -0.2) is 19.7 Å². The molecule has 1 N–H and O–H groups in total. The van der Waals surface area contributed by atoms with Crippen LogP contribution in [0.25, 0.3) is 0 Å². The summed E-state index contributed by atoms with van der Waals surface area (Å²) in [7, 11) is 0. The van der Waals surface area contributed by atoms with Gasteiger partial charge in [-0.3, -0.25) is 0 Å². The van der Waals surface area contributed by atoms with Crippen molar-refractivity contribution in [3.05, 3.63) is 29.8 Å². The number of hydrogen-bond donors (Lipinski definition) is 1. The van der Waals surface area contributed by atoms with E-state index in [1.165, 1.54) is 31.4 Å². The molecule has 0 radical (unpaired) electrons. The summed E-state index contributed by atoms with van der Waals surface area (Å²) >= 11 is 0. The van der Waals surface area contributed by atoms with E-state index in [1.807, 2.05) is 0 Å². The van der Waals surface area contributed by atoms with Crippen molar-refractivity contribution in [1.29, 1.82) is 0 Å². The van der Waals surface area contributed by atoms with E-state index in [0.29, 0.717) is 5.92 Å². The zero-order valence-electron chi connectivity index (χ0n) is 11.6. The van der Waals surface area contributed by atoms with Gasteiger partial charge in [-0.25, -0.2) is 0 Å². The predicted octanol–water partition coefficient (Wildman–Crippen LogP) is 3.58. The summed E-state index contributed by atoms with van der Waals surface area (Å²) in [6, 6.07) is 8.49. The fourth-order valence-corrected chi connectivity index (χ4v) is 2.48. The molecule has 0 aromatic heterocycles. The summed E-state index contributed by atoms with van der Waals surface area (Å²) < 4.78 is 5.87. The van der Waals surface area contributed by atoms with Gasteiger partial charge in [-0.05, 0) is 61.9 Å². The van der Waals surface area contributed by atoms with Gasteiger partial charge in [-0.2, -0.15) is 0 Å². The highest BCUT2D eigenvalue weighted by molar-refractivity contribution is 5.30. The first-order valence-electron chi connectivity index (χ1n) is 7.19. The van der Waals surface area contributed by atoms with Gasteiger partial charge >= 0.3 is 0 Å². The molecule has 1 heterocycles. The topological polar surface area (TPSA) is 21.3 Å². The maximum atomic E-state index is 5.87. The van der Waals surface area contributed by atoms with E-state index in [1.54, 1.807) is 0 Å². The largest absolute Gasteiger partial charge is 0.494 e. The fraction of sp³-hybridized carbons (Fsp3) is 0.625. The molecule has 1 saturated heterocycles. The molecule has 0 bridgehead atoms. The van der Waals surface area contributed by atoms with Gasteiger partial charge < -0.3 is 10.1 Å². The summed E-state index contributed by atoms with van der Waals surface area (Å²) in [6.45, 7) is 7.62. The van der Waals surface area contributed by atoms with E-state index in [-0.39, 0.29) is 0 Å². The lowest BCUT2D eigenvalue weighted by Crippen LogP contribution is -2.30. The molecule has 0 amide bonds. The van der Waals surface area contributed by atoms with E-state index in [0.717, 1.165) is 24.8 Å². The van der Waals surface area contributed by atoms with Crippen molar-refractivity contribution in [3.63, 3.8) is 0 Å². The number of benzene rings is 1.